The van der Waals surface area contributed by atoms with E-state index in [1.54, 1.807) is 26.8 Å². The van der Waals surface area contributed by atoms with Gasteiger partial charge in [0.15, 0.2) is 28.6 Å². The quantitative estimate of drug-likeness (QED) is 0.649. The lowest BCUT2D eigenvalue weighted by atomic mass is 9.45. The zero-order chi connectivity index (χ0) is 22.6. The summed E-state index contributed by atoms with van der Waals surface area (Å²) >= 11 is 0. The molecule has 31 heavy (non-hydrogen) atoms. The number of aliphatic hydroxyl groups excluding tert-OH is 2. The zero-order valence-corrected chi connectivity index (χ0v) is 18.5. The molecule has 0 aromatic rings. The van der Waals surface area contributed by atoms with Gasteiger partial charge in [-0.1, -0.05) is 24.6 Å². The molecule has 0 aromatic carbocycles. The van der Waals surface area contributed by atoms with Crippen molar-refractivity contribution in [1.82, 2.24) is 0 Å². The van der Waals surface area contributed by atoms with Gasteiger partial charge in [-0.3, -0.25) is 9.59 Å². The molecule has 0 spiro atoms. The summed E-state index contributed by atoms with van der Waals surface area (Å²) in [6.07, 6.45) is 3.97. The number of fused-ring (bicyclic) bond motifs is 7. The van der Waals surface area contributed by atoms with Crippen molar-refractivity contribution in [1.29, 1.82) is 0 Å². The summed E-state index contributed by atoms with van der Waals surface area (Å²) in [5.74, 6) is -2.42. The Balaban J connectivity index is 1.65. The summed E-state index contributed by atoms with van der Waals surface area (Å²) in [6, 6.07) is 0. The van der Waals surface area contributed by atoms with E-state index in [1.165, 1.54) is 6.08 Å². The fourth-order valence-electron chi connectivity index (χ4n) is 7.83. The largest absolute Gasteiger partial charge is 0.390 e. The van der Waals surface area contributed by atoms with E-state index in [0.29, 0.717) is 12.8 Å². The number of hydrogen-bond acceptors (Lipinski definition) is 6. The maximum absolute atomic E-state index is 17.1. The number of halogens is 1. The van der Waals surface area contributed by atoms with Crippen LogP contribution in [0.2, 0.25) is 0 Å². The van der Waals surface area contributed by atoms with Crippen LogP contribution >= 0.6 is 0 Å². The lowest BCUT2D eigenvalue weighted by Crippen LogP contribution is -2.69. The molecule has 1 saturated heterocycles. The van der Waals surface area contributed by atoms with E-state index in [-0.39, 0.29) is 24.5 Å². The minimum Gasteiger partial charge on any atom is -0.390 e. The summed E-state index contributed by atoms with van der Waals surface area (Å²) in [6.45, 7) is 6.40. The predicted molar refractivity (Wildman–Crippen MR) is 109 cm³/mol. The lowest BCUT2D eigenvalue weighted by molar-refractivity contribution is -0.243. The Bertz CT molecular complexity index is 925. The molecule has 1 aliphatic heterocycles. The van der Waals surface area contributed by atoms with E-state index in [1.807, 2.05) is 13.0 Å². The zero-order valence-electron chi connectivity index (χ0n) is 18.5. The highest BCUT2D eigenvalue weighted by Crippen LogP contribution is 2.71. The van der Waals surface area contributed by atoms with E-state index >= 15 is 4.39 Å². The molecule has 6 nitrogen and oxygen atoms in total. The van der Waals surface area contributed by atoms with Crippen LogP contribution in [0.3, 0.4) is 0 Å². The van der Waals surface area contributed by atoms with E-state index in [9.17, 15) is 19.8 Å². The van der Waals surface area contributed by atoms with Crippen molar-refractivity contribution in [2.45, 2.75) is 82.6 Å². The first kappa shape index (κ1) is 21.4. The van der Waals surface area contributed by atoms with Crippen LogP contribution in [0.4, 0.5) is 4.39 Å². The van der Waals surface area contributed by atoms with Gasteiger partial charge in [0.2, 0.25) is 0 Å². The minimum absolute atomic E-state index is 0.0109. The van der Waals surface area contributed by atoms with E-state index in [4.69, 9.17) is 9.47 Å². The number of allylic oxidation sites excluding steroid dienone is 4. The summed E-state index contributed by atoms with van der Waals surface area (Å²) in [7, 11) is 0. The molecular weight excluding hydrogens is 403 g/mol. The van der Waals surface area contributed by atoms with E-state index in [0.717, 1.165) is 5.57 Å². The number of hydrogen-bond donors (Lipinski definition) is 2. The molecule has 7 heteroatoms. The molecule has 2 N–H and O–H groups in total. The predicted octanol–water partition coefficient (Wildman–Crippen LogP) is 2.42. The molecule has 4 aliphatic carbocycles. The molecule has 0 unspecified atom stereocenters. The van der Waals surface area contributed by atoms with Gasteiger partial charge in [-0.05, 0) is 52.0 Å². The molecule has 5 aliphatic rings. The lowest BCUT2D eigenvalue weighted by Gasteiger charge is -2.62. The number of carbonyl (C=O) groups is 2. The molecule has 0 radical (unpaired) electrons. The number of carbonyl (C=O) groups excluding carboxylic acids is 2. The van der Waals surface area contributed by atoms with Gasteiger partial charge in [0.1, 0.15) is 6.61 Å². The van der Waals surface area contributed by atoms with Gasteiger partial charge in [0.05, 0.1) is 12.2 Å². The smallest absolute Gasteiger partial charge is 0.193 e. The number of ether oxygens (including phenoxy) is 2. The normalized spacial score (nSPS) is 52.1. The molecule has 170 valence electrons. The third kappa shape index (κ3) is 2.31. The summed E-state index contributed by atoms with van der Waals surface area (Å²) in [4.78, 5) is 25.1. The van der Waals surface area contributed by atoms with Crippen LogP contribution in [0, 0.1) is 22.7 Å². The van der Waals surface area contributed by atoms with Gasteiger partial charge in [-0.25, -0.2) is 4.39 Å². The third-order valence-electron chi connectivity index (χ3n) is 9.16. The van der Waals surface area contributed by atoms with Crippen molar-refractivity contribution in [3.05, 3.63) is 23.8 Å². The average molecular weight is 435 g/mol. The second-order valence-electron chi connectivity index (χ2n) is 10.9. The highest BCUT2D eigenvalue weighted by molar-refractivity contribution is 5.94. The molecule has 0 aromatic heterocycles. The monoisotopic (exact) mass is 434 g/mol. The first-order chi connectivity index (χ1) is 14.4. The average Bonchev–Trinajstić information content (AvgIpc) is 3.09. The number of alkyl halides is 1. The standard InChI is InChI=1S/C24H31FO6/c1-20(2)30-19-10-16-15-6-5-13-9-14(27)7-8-21(13,3)23(15,25)17(28)11-22(16,4)24(19,31-20)18(29)12-26/h5,7-8,15-17,19,26,28H,6,9-12H2,1-4H3/t15-,16-,17-,19+,21-,22-,23-,24+/m0/s1. The van der Waals surface area contributed by atoms with Gasteiger partial charge < -0.3 is 19.7 Å². The fourth-order valence-corrected chi connectivity index (χ4v) is 7.83. The van der Waals surface area contributed by atoms with Crippen LogP contribution in [0.1, 0.15) is 53.4 Å². The fraction of sp³-hybridized carbons (Fsp3) is 0.750. The first-order valence-electron chi connectivity index (χ1n) is 11.2. The molecule has 1 heterocycles. The summed E-state index contributed by atoms with van der Waals surface area (Å²) in [5.41, 5.74) is -4.68. The van der Waals surface area contributed by atoms with Crippen molar-refractivity contribution in [3.63, 3.8) is 0 Å². The second-order valence-corrected chi connectivity index (χ2v) is 10.9. The van der Waals surface area contributed by atoms with Crippen molar-refractivity contribution in [3.8, 4) is 0 Å². The molecule has 0 amide bonds. The van der Waals surface area contributed by atoms with Crippen LogP contribution in [0.25, 0.3) is 0 Å². The highest BCUT2D eigenvalue weighted by Gasteiger charge is 2.79. The van der Waals surface area contributed by atoms with Crippen molar-refractivity contribution >= 4 is 11.6 Å². The third-order valence-corrected chi connectivity index (χ3v) is 9.16. The maximum atomic E-state index is 17.1. The van der Waals surface area contributed by atoms with Crippen LogP contribution < -0.4 is 0 Å². The number of aliphatic hydroxyl groups is 2. The molecule has 5 rings (SSSR count). The van der Waals surface area contributed by atoms with Crippen molar-refractivity contribution in [2.24, 2.45) is 22.7 Å². The highest BCUT2D eigenvalue weighted by atomic mass is 19.1. The Morgan fingerprint density at radius 3 is 2.65 bits per heavy atom. The Hall–Kier alpha value is -1.41. The molecular formula is C24H31FO6. The van der Waals surface area contributed by atoms with Crippen LogP contribution in [0.5, 0.6) is 0 Å². The van der Waals surface area contributed by atoms with Crippen molar-refractivity contribution < 1.29 is 33.7 Å². The molecule has 0 bridgehead atoms. The van der Waals surface area contributed by atoms with Gasteiger partial charge in [-0.2, -0.15) is 0 Å². The topological polar surface area (TPSA) is 93.1 Å². The first-order valence-corrected chi connectivity index (χ1v) is 11.2. The van der Waals surface area contributed by atoms with Gasteiger partial charge in [0.25, 0.3) is 0 Å². The SMILES string of the molecule is CC1(C)O[C@@H]2C[C@H]3[C@@H]4CC=C5CC(=O)C=C[C@]5(C)[C@@]4(F)[C@@H](O)C[C@]3(C)[C@]2(C(=O)CO)O1. The van der Waals surface area contributed by atoms with Crippen molar-refractivity contribution in [2.75, 3.05) is 6.61 Å². The molecule has 8 atom stereocenters. The number of Topliss-reactive ketones (excluding diaryl/α,β-unsaturated/α-hetero) is 1. The van der Waals surface area contributed by atoms with Gasteiger partial charge in [0, 0.05) is 23.2 Å². The number of ketones is 2. The summed E-state index contributed by atoms with van der Waals surface area (Å²) in [5, 5.41) is 21.2. The Labute approximate surface area is 181 Å². The van der Waals surface area contributed by atoms with Crippen LogP contribution in [0.15, 0.2) is 23.8 Å². The maximum Gasteiger partial charge on any atom is 0.193 e. The van der Waals surface area contributed by atoms with Gasteiger partial charge >= 0.3 is 0 Å². The van der Waals surface area contributed by atoms with Crippen LogP contribution in [-0.4, -0.2) is 57.7 Å². The molecule has 2 saturated carbocycles. The Morgan fingerprint density at radius 2 is 1.97 bits per heavy atom. The Morgan fingerprint density at radius 1 is 1.26 bits per heavy atom. The van der Waals surface area contributed by atoms with E-state index < -0.39 is 58.4 Å². The second kappa shape index (κ2) is 6.13. The minimum atomic E-state index is -1.98. The Kier molecular flexibility index (Phi) is 4.24. The molecule has 3 fully saturated rings. The van der Waals surface area contributed by atoms with Gasteiger partial charge in [-0.15, -0.1) is 0 Å². The summed E-state index contributed by atoms with van der Waals surface area (Å²) < 4.78 is 29.5. The van der Waals surface area contributed by atoms with Crippen LogP contribution in [-0.2, 0) is 19.1 Å². The number of rotatable bonds is 2. The van der Waals surface area contributed by atoms with E-state index in [2.05, 4.69) is 0 Å².